The summed E-state index contributed by atoms with van der Waals surface area (Å²) in [4.78, 5) is 28.3. The average molecular weight is 552 g/mol. The van der Waals surface area contributed by atoms with Crippen LogP contribution in [0.2, 0.25) is 0 Å². The van der Waals surface area contributed by atoms with Crippen molar-refractivity contribution in [1.82, 2.24) is 9.62 Å². The van der Waals surface area contributed by atoms with Gasteiger partial charge in [-0.15, -0.1) is 0 Å². The van der Waals surface area contributed by atoms with E-state index in [0.29, 0.717) is 37.2 Å². The molecule has 3 aromatic carbocycles. The van der Waals surface area contributed by atoms with Crippen molar-refractivity contribution >= 4 is 27.5 Å². The zero-order valence-corrected chi connectivity index (χ0v) is 22.1. The minimum Gasteiger partial charge on any atom is -0.477 e. The van der Waals surface area contributed by atoms with Crippen LogP contribution in [-0.4, -0.2) is 56.8 Å². The van der Waals surface area contributed by atoms with E-state index in [2.05, 4.69) is 5.32 Å². The summed E-state index contributed by atoms with van der Waals surface area (Å²) < 4.78 is 46.5. The molecule has 2 heterocycles. The van der Waals surface area contributed by atoms with Crippen LogP contribution in [0.5, 0.6) is 5.75 Å². The lowest BCUT2D eigenvalue weighted by molar-refractivity contribution is -0.129. The molecule has 1 atom stereocenters. The van der Waals surface area contributed by atoms with Crippen LogP contribution in [0.3, 0.4) is 0 Å². The number of piperidine rings is 1. The third-order valence-corrected chi connectivity index (χ3v) is 9.06. The van der Waals surface area contributed by atoms with Gasteiger partial charge in [-0.25, -0.2) is 12.8 Å². The molecular weight excluding hydrogens is 521 g/mol. The molecule has 8 nitrogen and oxygen atoms in total. The monoisotopic (exact) mass is 551 g/mol. The van der Waals surface area contributed by atoms with Gasteiger partial charge >= 0.3 is 0 Å². The van der Waals surface area contributed by atoms with Crippen LogP contribution in [0.1, 0.15) is 18.4 Å². The minimum absolute atomic E-state index is 0.0249. The van der Waals surface area contributed by atoms with Crippen LogP contribution in [0, 0.1) is 11.7 Å². The number of rotatable bonds is 7. The van der Waals surface area contributed by atoms with Crippen molar-refractivity contribution in [3.05, 3.63) is 90.2 Å². The van der Waals surface area contributed by atoms with E-state index in [1.807, 2.05) is 30.3 Å². The Balaban J connectivity index is 1.23. The molecule has 0 radical (unpaired) electrons. The predicted octanol–water partition coefficient (Wildman–Crippen LogP) is 3.38. The minimum atomic E-state index is -3.78. The summed E-state index contributed by atoms with van der Waals surface area (Å²) in [5.74, 6) is -0.911. The van der Waals surface area contributed by atoms with Gasteiger partial charge in [0.15, 0.2) is 6.10 Å². The smallest absolute Gasteiger partial charge is 0.262 e. The van der Waals surface area contributed by atoms with Crippen LogP contribution in [-0.2, 0) is 26.0 Å². The van der Waals surface area contributed by atoms with Crippen LogP contribution in [0.15, 0.2) is 83.8 Å². The molecule has 2 aliphatic rings. The predicted molar refractivity (Wildman–Crippen MR) is 144 cm³/mol. The molecule has 0 saturated carbocycles. The van der Waals surface area contributed by atoms with Crippen LogP contribution < -0.4 is 15.0 Å². The Morgan fingerprint density at radius 2 is 1.59 bits per heavy atom. The normalized spacial score (nSPS) is 18.2. The number of para-hydroxylation sites is 2. The van der Waals surface area contributed by atoms with Crippen molar-refractivity contribution in [2.24, 2.45) is 5.92 Å². The van der Waals surface area contributed by atoms with E-state index in [1.165, 1.54) is 16.4 Å². The average Bonchev–Trinajstić information content (AvgIpc) is 2.97. The van der Waals surface area contributed by atoms with Gasteiger partial charge < -0.3 is 15.0 Å². The SMILES string of the molecule is O=C(NCCc1ccccc1)[C@H]1CN(C(=O)C2CCN(S(=O)(=O)c3ccc(F)cc3)CC2)c2ccccc2O1. The number of benzene rings is 3. The fourth-order valence-corrected chi connectivity index (χ4v) is 6.46. The number of hydrogen-bond donors (Lipinski definition) is 1. The van der Waals surface area contributed by atoms with E-state index in [0.717, 1.165) is 17.7 Å². The summed E-state index contributed by atoms with van der Waals surface area (Å²) in [6.45, 7) is 0.859. The van der Waals surface area contributed by atoms with E-state index in [1.54, 1.807) is 29.2 Å². The first-order chi connectivity index (χ1) is 18.8. The molecule has 1 saturated heterocycles. The van der Waals surface area contributed by atoms with Gasteiger partial charge in [-0.3, -0.25) is 9.59 Å². The molecule has 204 valence electrons. The second-order valence-electron chi connectivity index (χ2n) is 9.68. The molecule has 1 fully saturated rings. The zero-order chi connectivity index (χ0) is 27.4. The quantitative estimate of drug-likeness (QED) is 0.486. The summed E-state index contributed by atoms with van der Waals surface area (Å²) in [5.41, 5.74) is 1.70. The van der Waals surface area contributed by atoms with Gasteiger partial charge in [0.1, 0.15) is 11.6 Å². The fraction of sp³-hybridized carbons (Fsp3) is 0.310. The van der Waals surface area contributed by atoms with E-state index < -0.39 is 27.9 Å². The van der Waals surface area contributed by atoms with Gasteiger partial charge in [0, 0.05) is 25.6 Å². The Labute approximate surface area is 227 Å². The molecule has 0 spiro atoms. The number of halogens is 1. The highest BCUT2D eigenvalue weighted by molar-refractivity contribution is 7.89. The molecule has 2 aliphatic heterocycles. The van der Waals surface area contributed by atoms with E-state index >= 15 is 0 Å². The van der Waals surface area contributed by atoms with Gasteiger partial charge in [-0.1, -0.05) is 42.5 Å². The molecule has 5 rings (SSSR count). The second kappa shape index (κ2) is 11.5. The lowest BCUT2D eigenvalue weighted by atomic mass is 9.95. The molecule has 0 aliphatic carbocycles. The van der Waals surface area contributed by atoms with E-state index in [9.17, 15) is 22.4 Å². The maximum atomic E-state index is 13.7. The number of sulfonamides is 1. The molecule has 0 aromatic heterocycles. The molecule has 39 heavy (non-hydrogen) atoms. The molecule has 0 bridgehead atoms. The maximum absolute atomic E-state index is 13.7. The Morgan fingerprint density at radius 1 is 0.923 bits per heavy atom. The van der Waals surface area contributed by atoms with Gasteiger partial charge in [0.2, 0.25) is 15.9 Å². The topological polar surface area (TPSA) is 96.0 Å². The highest BCUT2D eigenvalue weighted by Gasteiger charge is 2.39. The van der Waals surface area contributed by atoms with Crippen molar-refractivity contribution in [1.29, 1.82) is 0 Å². The Morgan fingerprint density at radius 3 is 2.31 bits per heavy atom. The molecule has 1 N–H and O–H groups in total. The van der Waals surface area contributed by atoms with Crippen molar-refractivity contribution in [3.63, 3.8) is 0 Å². The van der Waals surface area contributed by atoms with Crippen molar-refractivity contribution < 1.29 is 27.1 Å². The summed E-state index contributed by atoms with van der Waals surface area (Å²) in [5, 5.41) is 2.91. The molecule has 0 unspecified atom stereocenters. The molecule has 10 heteroatoms. The second-order valence-corrected chi connectivity index (χ2v) is 11.6. The highest BCUT2D eigenvalue weighted by atomic mass is 32.2. The van der Waals surface area contributed by atoms with E-state index in [4.69, 9.17) is 4.74 Å². The fourth-order valence-electron chi connectivity index (χ4n) is 4.99. The third kappa shape index (κ3) is 5.97. The third-order valence-electron chi connectivity index (χ3n) is 7.14. The van der Waals surface area contributed by atoms with Gasteiger partial charge in [-0.05, 0) is 61.2 Å². The molecular formula is C29H30FN3O5S. The largest absolute Gasteiger partial charge is 0.477 e. The number of ether oxygens (including phenoxy) is 1. The summed E-state index contributed by atoms with van der Waals surface area (Å²) in [6, 6.07) is 21.7. The number of carbonyl (C=O) groups is 2. The first kappa shape index (κ1) is 26.8. The van der Waals surface area contributed by atoms with Crippen molar-refractivity contribution in [3.8, 4) is 5.75 Å². The Hall–Kier alpha value is -3.76. The van der Waals surface area contributed by atoms with Crippen LogP contribution in [0.4, 0.5) is 10.1 Å². The number of anilines is 1. The number of fused-ring (bicyclic) bond motifs is 1. The standard InChI is InChI=1S/C29H30FN3O5S/c30-23-10-12-24(13-11-23)39(36,37)32-18-15-22(16-19-32)29(35)33-20-27(38-26-9-5-4-8-25(26)33)28(34)31-17-14-21-6-2-1-3-7-21/h1-13,22,27H,14-20H2,(H,31,34)/t27-/m1/s1. The lowest BCUT2D eigenvalue weighted by Crippen LogP contribution is -2.53. The number of nitrogens with zero attached hydrogens (tertiary/aromatic N) is 2. The number of nitrogens with one attached hydrogen (secondary N) is 1. The Bertz CT molecular complexity index is 1420. The number of carbonyl (C=O) groups excluding carboxylic acids is 2. The van der Waals surface area contributed by atoms with Crippen molar-refractivity contribution in [2.45, 2.75) is 30.3 Å². The van der Waals surface area contributed by atoms with Crippen LogP contribution in [0.25, 0.3) is 0 Å². The van der Waals surface area contributed by atoms with E-state index in [-0.39, 0.29) is 36.3 Å². The van der Waals surface area contributed by atoms with Crippen molar-refractivity contribution in [2.75, 3.05) is 31.1 Å². The zero-order valence-electron chi connectivity index (χ0n) is 21.3. The summed E-state index contributed by atoms with van der Waals surface area (Å²) in [6.07, 6.45) is 0.496. The van der Waals surface area contributed by atoms with Gasteiger partial charge in [0.05, 0.1) is 17.1 Å². The van der Waals surface area contributed by atoms with Crippen LogP contribution >= 0.6 is 0 Å². The Kier molecular flexibility index (Phi) is 7.94. The first-order valence-electron chi connectivity index (χ1n) is 13.0. The summed E-state index contributed by atoms with van der Waals surface area (Å²) in [7, 11) is -3.78. The summed E-state index contributed by atoms with van der Waals surface area (Å²) >= 11 is 0. The lowest BCUT2D eigenvalue weighted by Gasteiger charge is -2.38. The number of hydrogen-bond acceptors (Lipinski definition) is 5. The molecule has 3 aromatic rings. The van der Waals surface area contributed by atoms with Gasteiger partial charge in [-0.2, -0.15) is 4.31 Å². The van der Waals surface area contributed by atoms with Gasteiger partial charge in [0.25, 0.3) is 5.91 Å². The first-order valence-corrected chi connectivity index (χ1v) is 14.4. The molecule has 2 amide bonds. The highest BCUT2D eigenvalue weighted by Crippen LogP contribution is 2.35. The maximum Gasteiger partial charge on any atom is 0.262 e. The number of amides is 2.